The zero-order valence-corrected chi connectivity index (χ0v) is 13.3. The molecule has 2 unspecified atom stereocenters. The van der Waals surface area contributed by atoms with Crippen molar-refractivity contribution in [2.75, 3.05) is 27.2 Å². The predicted molar refractivity (Wildman–Crippen MR) is 84.4 cm³/mol. The Bertz CT molecular complexity index is 431. The van der Waals surface area contributed by atoms with Gasteiger partial charge < -0.3 is 10.1 Å². The Morgan fingerprint density at radius 1 is 1.40 bits per heavy atom. The van der Waals surface area contributed by atoms with Gasteiger partial charge in [0.05, 0.1) is 7.11 Å². The zero-order chi connectivity index (χ0) is 14.5. The maximum Gasteiger partial charge on any atom is 0.123 e. The Balaban J connectivity index is 2.24. The fraction of sp³-hybridized carbons (Fsp3) is 0.647. The van der Waals surface area contributed by atoms with Gasteiger partial charge in [0.1, 0.15) is 5.75 Å². The van der Waals surface area contributed by atoms with E-state index in [2.05, 4.69) is 42.3 Å². The van der Waals surface area contributed by atoms with Crippen LogP contribution in [-0.2, 0) is 0 Å². The van der Waals surface area contributed by atoms with Gasteiger partial charge in [0.25, 0.3) is 0 Å². The van der Waals surface area contributed by atoms with E-state index in [1.165, 1.54) is 36.9 Å². The van der Waals surface area contributed by atoms with E-state index >= 15 is 0 Å². The summed E-state index contributed by atoms with van der Waals surface area (Å²) in [5.41, 5.74) is 2.62. The van der Waals surface area contributed by atoms with Gasteiger partial charge in [-0.3, -0.25) is 4.90 Å². The third kappa shape index (κ3) is 3.33. The molecule has 1 aliphatic rings. The topological polar surface area (TPSA) is 24.5 Å². The molecule has 0 spiro atoms. The second-order valence-corrected chi connectivity index (χ2v) is 5.87. The van der Waals surface area contributed by atoms with E-state index in [1.54, 1.807) is 7.11 Å². The molecular formula is C17H28N2O. The Labute approximate surface area is 123 Å². The Morgan fingerprint density at radius 3 is 2.90 bits per heavy atom. The van der Waals surface area contributed by atoms with E-state index < -0.39 is 0 Å². The number of piperidine rings is 1. The highest BCUT2D eigenvalue weighted by atomic mass is 16.5. The van der Waals surface area contributed by atoms with Crippen molar-refractivity contribution in [3.8, 4) is 5.75 Å². The van der Waals surface area contributed by atoms with Crippen molar-refractivity contribution in [2.45, 2.75) is 45.2 Å². The average molecular weight is 276 g/mol. The molecule has 0 radical (unpaired) electrons. The Morgan fingerprint density at radius 2 is 2.20 bits per heavy atom. The molecule has 1 N–H and O–H groups in total. The highest BCUT2D eigenvalue weighted by Crippen LogP contribution is 2.33. The normalized spacial score (nSPS) is 21.7. The van der Waals surface area contributed by atoms with Crippen LogP contribution in [0, 0.1) is 6.92 Å². The highest BCUT2D eigenvalue weighted by Gasteiger charge is 2.28. The third-order valence-electron chi connectivity index (χ3n) is 4.45. The van der Waals surface area contributed by atoms with Crippen LogP contribution in [0.5, 0.6) is 5.75 Å². The molecule has 20 heavy (non-hydrogen) atoms. The third-order valence-corrected chi connectivity index (χ3v) is 4.45. The van der Waals surface area contributed by atoms with Crippen LogP contribution in [0.15, 0.2) is 18.2 Å². The van der Waals surface area contributed by atoms with Gasteiger partial charge in [-0.2, -0.15) is 0 Å². The maximum absolute atomic E-state index is 5.57. The number of methoxy groups -OCH3 is 1. The fourth-order valence-corrected chi connectivity index (χ4v) is 3.35. The summed E-state index contributed by atoms with van der Waals surface area (Å²) in [6.07, 6.45) is 3.94. The molecule has 3 nitrogen and oxygen atoms in total. The summed E-state index contributed by atoms with van der Waals surface area (Å²) < 4.78 is 5.57. The van der Waals surface area contributed by atoms with Crippen LogP contribution in [0.4, 0.5) is 0 Å². The molecule has 3 heteroatoms. The van der Waals surface area contributed by atoms with Gasteiger partial charge in [0, 0.05) is 24.2 Å². The van der Waals surface area contributed by atoms with Crippen LogP contribution >= 0.6 is 0 Å². The summed E-state index contributed by atoms with van der Waals surface area (Å²) in [6, 6.07) is 7.53. The number of nitrogens with zero attached hydrogens (tertiary/aromatic N) is 1. The summed E-state index contributed by atoms with van der Waals surface area (Å²) in [7, 11) is 3.81. The number of ether oxygens (including phenoxy) is 1. The lowest BCUT2D eigenvalue weighted by molar-refractivity contribution is 0.102. The van der Waals surface area contributed by atoms with Crippen LogP contribution in [0.25, 0.3) is 0 Å². The van der Waals surface area contributed by atoms with Crippen molar-refractivity contribution in [1.82, 2.24) is 10.2 Å². The van der Waals surface area contributed by atoms with Crippen molar-refractivity contribution < 1.29 is 4.74 Å². The van der Waals surface area contributed by atoms with Crippen molar-refractivity contribution in [2.24, 2.45) is 0 Å². The van der Waals surface area contributed by atoms with Crippen molar-refractivity contribution >= 4 is 0 Å². The van der Waals surface area contributed by atoms with Crippen molar-refractivity contribution in [3.63, 3.8) is 0 Å². The number of benzene rings is 1. The van der Waals surface area contributed by atoms with Gasteiger partial charge in [-0.1, -0.05) is 24.1 Å². The van der Waals surface area contributed by atoms with Crippen LogP contribution in [0.1, 0.15) is 43.4 Å². The molecule has 1 heterocycles. The minimum Gasteiger partial charge on any atom is -0.496 e. The van der Waals surface area contributed by atoms with Crippen LogP contribution in [0.3, 0.4) is 0 Å². The zero-order valence-electron chi connectivity index (χ0n) is 13.3. The maximum atomic E-state index is 5.57. The van der Waals surface area contributed by atoms with Gasteiger partial charge in [0.15, 0.2) is 0 Å². The predicted octanol–water partition coefficient (Wildman–Crippen LogP) is 3.14. The second-order valence-electron chi connectivity index (χ2n) is 5.87. The first-order chi connectivity index (χ1) is 9.67. The lowest BCUT2D eigenvalue weighted by Crippen LogP contribution is -2.46. The van der Waals surface area contributed by atoms with E-state index in [1.807, 2.05) is 7.05 Å². The number of rotatable bonds is 5. The summed E-state index contributed by atoms with van der Waals surface area (Å²) >= 11 is 0. The average Bonchev–Trinajstić information content (AvgIpc) is 2.47. The van der Waals surface area contributed by atoms with E-state index in [0.717, 1.165) is 12.3 Å². The number of likely N-dealkylation sites (N-methyl/N-ethyl adjacent to an activating group) is 1. The minimum absolute atomic E-state index is 0.406. The van der Waals surface area contributed by atoms with Crippen molar-refractivity contribution in [3.05, 3.63) is 29.3 Å². The molecule has 112 valence electrons. The van der Waals surface area contributed by atoms with E-state index in [9.17, 15) is 0 Å². The molecule has 0 aromatic heterocycles. The molecule has 0 saturated carbocycles. The Kier molecular flexibility index (Phi) is 5.44. The summed E-state index contributed by atoms with van der Waals surface area (Å²) in [6.45, 7) is 6.71. The van der Waals surface area contributed by atoms with Gasteiger partial charge in [-0.25, -0.2) is 0 Å². The van der Waals surface area contributed by atoms with E-state index in [4.69, 9.17) is 4.74 Å². The van der Waals surface area contributed by atoms with Gasteiger partial charge in [-0.05, 0) is 46.3 Å². The van der Waals surface area contributed by atoms with Crippen molar-refractivity contribution in [1.29, 1.82) is 0 Å². The standard InChI is InChI=1S/C17H28N2O/c1-13-8-9-17(20-4)16(11-13)14(2)19-10-6-5-7-15(19)12-18-3/h8-9,11,14-15,18H,5-7,10,12H2,1-4H3. The SMILES string of the molecule is CNCC1CCCCN1C(C)c1cc(C)ccc1OC. The number of likely N-dealkylation sites (tertiary alicyclic amines) is 1. The first-order valence-electron chi connectivity index (χ1n) is 7.72. The molecule has 2 rings (SSSR count). The largest absolute Gasteiger partial charge is 0.496 e. The molecular weight excluding hydrogens is 248 g/mol. The molecule has 0 amide bonds. The van der Waals surface area contributed by atoms with Gasteiger partial charge >= 0.3 is 0 Å². The second kappa shape index (κ2) is 7.09. The van der Waals surface area contributed by atoms with Crippen LogP contribution in [0.2, 0.25) is 0 Å². The lowest BCUT2D eigenvalue weighted by Gasteiger charge is -2.40. The summed E-state index contributed by atoms with van der Waals surface area (Å²) in [5, 5.41) is 3.34. The molecule has 0 aliphatic carbocycles. The molecule has 1 aromatic carbocycles. The summed E-state index contributed by atoms with van der Waals surface area (Å²) in [5.74, 6) is 1.01. The monoisotopic (exact) mass is 276 g/mol. The lowest BCUT2D eigenvalue weighted by atomic mass is 9.96. The Hall–Kier alpha value is -1.06. The molecule has 1 fully saturated rings. The fourth-order valence-electron chi connectivity index (χ4n) is 3.35. The first-order valence-corrected chi connectivity index (χ1v) is 7.72. The highest BCUT2D eigenvalue weighted by molar-refractivity contribution is 5.39. The molecule has 1 aromatic rings. The smallest absolute Gasteiger partial charge is 0.123 e. The number of aryl methyl sites for hydroxylation is 1. The van der Waals surface area contributed by atoms with Gasteiger partial charge in [-0.15, -0.1) is 0 Å². The first kappa shape index (κ1) is 15.3. The summed E-state index contributed by atoms with van der Waals surface area (Å²) in [4.78, 5) is 2.64. The van der Waals surface area contributed by atoms with E-state index in [-0.39, 0.29) is 0 Å². The molecule has 2 atom stereocenters. The minimum atomic E-state index is 0.406. The number of hydrogen-bond donors (Lipinski definition) is 1. The molecule has 1 saturated heterocycles. The van der Waals surface area contributed by atoms with Gasteiger partial charge in [0.2, 0.25) is 0 Å². The molecule has 1 aliphatic heterocycles. The van der Waals surface area contributed by atoms with Crippen LogP contribution < -0.4 is 10.1 Å². The quantitative estimate of drug-likeness (QED) is 0.894. The van der Waals surface area contributed by atoms with Crippen LogP contribution in [-0.4, -0.2) is 38.2 Å². The van der Waals surface area contributed by atoms with E-state index in [0.29, 0.717) is 12.1 Å². The number of nitrogens with one attached hydrogen (secondary N) is 1. The number of hydrogen-bond acceptors (Lipinski definition) is 3. The molecule has 0 bridgehead atoms.